The second kappa shape index (κ2) is 3.97. The Balaban J connectivity index is 3.05. The molecule has 2 nitrogen and oxygen atoms in total. The minimum Gasteiger partial charge on any atom is -0.472 e. The Labute approximate surface area is 81.1 Å². The molecule has 0 aromatic heterocycles. The third-order valence-electron chi connectivity index (χ3n) is 1.49. The summed E-state index contributed by atoms with van der Waals surface area (Å²) in [6.07, 6.45) is 0. The highest BCUT2D eigenvalue weighted by atomic mass is 35.5. The predicted molar refractivity (Wildman–Crippen MR) is 50.7 cm³/mol. The first-order valence-electron chi connectivity index (χ1n) is 3.60. The van der Waals surface area contributed by atoms with Crippen LogP contribution in [-0.4, -0.2) is 11.1 Å². The van der Waals surface area contributed by atoms with Gasteiger partial charge in [-0.2, -0.15) is 0 Å². The van der Waals surface area contributed by atoms with E-state index in [1.54, 1.807) is 18.2 Å². The molecule has 0 unspecified atom stereocenters. The van der Waals surface area contributed by atoms with E-state index in [0.29, 0.717) is 10.6 Å². The molecule has 13 heavy (non-hydrogen) atoms. The number of carboxylic acids is 1. The van der Waals surface area contributed by atoms with Gasteiger partial charge in [0.2, 0.25) is 0 Å². The van der Waals surface area contributed by atoms with E-state index in [-0.39, 0.29) is 0 Å². The Bertz CT molecular complexity index is 399. The molecule has 1 N–H and O–H groups in total. The van der Waals surface area contributed by atoms with Gasteiger partial charge in [-0.25, -0.2) is 4.79 Å². The van der Waals surface area contributed by atoms with Crippen LogP contribution in [0.15, 0.2) is 18.2 Å². The van der Waals surface area contributed by atoms with Gasteiger partial charge in [0.1, 0.15) is 0 Å². The van der Waals surface area contributed by atoms with Crippen molar-refractivity contribution in [3.8, 4) is 11.8 Å². The van der Waals surface area contributed by atoms with Crippen LogP contribution in [0.25, 0.3) is 0 Å². The maximum absolute atomic E-state index is 10.2. The predicted octanol–water partition coefficient (Wildman–Crippen LogP) is 2.08. The van der Waals surface area contributed by atoms with Gasteiger partial charge < -0.3 is 5.11 Å². The highest BCUT2D eigenvalue weighted by molar-refractivity contribution is 6.30. The Morgan fingerprint density at radius 3 is 2.77 bits per heavy atom. The average molecular weight is 195 g/mol. The van der Waals surface area contributed by atoms with Crippen LogP contribution in [0.5, 0.6) is 0 Å². The van der Waals surface area contributed by atoms with Crippen LogP contribution in [0, 0.1) is 18.8 Å². The lowest BCUT2D eigenvalue weighted by molar-refractivity contribution is -0.130. The third kappa shape index (κ3) is 2.81. The number of carboxylic acid groups (broad SMARTS) is 1. The number of hydrogen-bond acceptors (Lipinski definition) is 1. The molecule has 0 saturated heterocycles. The number of benzene rings is 1. The number of aryl methyl sites for hydroxylation is 1. The fraction of sp³-hybridized carbons (Fsp3) is 0.100. The first-order valence-corrected chi connectivity index (χ1v) is 3.98. The molecule has 0 fully saturated rings. The molecule has 1 aromatic carbocycles. The Hall–Kier alpha value is -1.46. The zero-order chi connectivity index (χ0) is 9.84. The Kier molecular flexibility index (Phi) is 2.94. The van der Waals surface area contributed by atoms with Crippen LogP contribution in [0.2, 0.25) is 5.02 Å². The summed E-state index contributed by atoms with van der Waals surface area (Å²) < 4.78 is 0. The van der Waals surface area contributed by atoms with Crippen molar-refractivity contribution in [2.45, 2.75) is 6.92 Å². The lowest BCUT2D eigenvalue weighted by atomic mass is 10.1. The highest BCUT2D eigenvalue weighted by Crippen LogP contribution is 2.13. The van der Waals surface area contributed by atoms with Gasteiger partial charge in [0.25, 0.3) is 0 Å². The van der Waals surface area contributed by atoms with Gasteiger partial charge in [0.05, 0.1) is 0 Å². The van der Waals surface area contributed by atoms with Crippen molar-refractivity contribution in [3.05, 3.63) is 34.3 Å². The molecule has 0 radical (unpaired) electrons. The van der Waals surface area contributed by atoms with E-state index in [0.717, 1.165) is 5.56 Å². The van der Waals surface area contributed by atoms with Crippen molar-refractivity contribution < 1.29 is 9.90 Å². The molecule has 0 aliphatic rings. The molecular weight excluding hydrogens is 188 g/mol. The van der Waals surface area contributed by atoms with Gasteiger partial charge in [-0.15, -0.1) is 0 Å². The molecule has 3 heteroatoms. The summed E-state index contributed by atoms with van der Waals surface area (Å²) in [5.41, 5.74) is 1.56. The van der Waals surface area contributed by atoms with Crippen molar-refractivity contribution in [2.24, 2.45) is 0 Å². The van der Waals surface area contributed by atoms with E-state index in [2.05, 4.69) is 5.92 Å². The summed E-state index contributed by atoms with van der Waals surface area (Å²) in [5, 5.41) is 8.94. The second-order valence-corrected chi connectivity index (χ2v) is 2.95. The smallest absolute Gasteiger partial charge is 0.382 e. The zero-order valence-corrected chi connectivity index (χ0v) is 7.72. The molecule has 1 aromatic rings. The Morgan fingerprint density at radius 2 is 2.23 bits per heavy atom. The first-order chi connectivity index (χ1) is 6.09. The third-order valence-corrected chi connectivity index (χ3v) is 1.73. The van der Waals surface area contributed by atoms with Gasteiger partial charge >= 0.3 is 5.97 Å². The summed E-state index contributed by atoms with van der Waals surface area (Å²) in [6, 6.07) is 5.13. The fourth-order valence-electron chi connectivity index (χ4n) is 0.888. The Morgan fingerprint density at radius 1 is 1.54 bits per heavy atom. The maximum Gasteiger partial charge on any atom is 0.382 e. The first kappa shape index (κ1) is 9.63. The van der Waals surface area contributed by atoms with Gasteiger partial charge in [0, 0.05) is 16.5 Å². The van der Waals surface area contributed by atoms with Crippen LogP contribution >= 0.6 is 11.6 Å². The van der Waals surface area contributed by atoms with Crippen molar-refractivity contribution in [2.75, 3.05) is 0 Å². The number of hydrogen-bond donors (Lipinski definition) is 1. The van der Waals surface area contributed by atoms with Gasteiger partial charge in [0.15, 0.2) is 0 Å². The molecule has 0 heterocycles. The van der Waals surface area contributed by atoms with Gasteiger partial charge in [-0.3, -0.25) is 0 Å². The van der Waals surface area contributed by atoms with Crippen LogP contribution in [0.3, 0.4) is 0 Å². The van der Waals surface area contributed by atoms with E-state index in [9.17, 15) is 4.79 Å². The minimum atomic E-state index is -1.13. The fourth-order valence-corrected chi connectivity index (χ4v) is 1.11. The van der Waals surface area contributed by atoms with E-state index in [4.69, 9.17) is 16.7 Å². The van der Waals surface area contributed by atoms with Gasteiger partial charge in [-0.1, -0.05) is 17.5 Å². The topological polar surface area (TPSA) is 37.3 Å². The molecule has 0 aliphatic carbocycles. The molecule has 0 atom stereocenters. The molecular formula is C10H7ClO2. The van der Waals surface area contributed by atoms with Crippen LogP contribution in [-0.2, 0) is 4.79 Å². The molecule has 0 bridgehead atoms. The quantitative estimate of drug-likeness (QED) is 0.642. The molecule has 0 saturated carbocycles. The normalized spacial score (nSPS) is 8.77. The largest absolute Gasteiger partial charge is 0.472 e. The second-order valence-electron chi connectivity index (χ2n) is 2.51. The summed E-state index contributed by atoms with van der Waals surface area (Å²) in [4.78, 5) is 10.2. The van der Waals surface area contributed by atoms with Crippen LogP contribution in [0.1, 0.15) is 11.1 Å². The number of rotatable bonds is 0. The average Bonchev–Trinajstić information content (AvgIpc) is 2.02. The molecule has 66 valence electrons. The van der Waals surface area contributed by atoms with E-state index < -0.39 is 5.97 Å². The van der Waals surface area contributed by atoms with Crippen molar-refractivity contribution in [3.63, 3.8) is 0 Å². The highest BCUT2D eigenvalue weighted by Gasteiger charge is 1.95. The number of halogens is 1. The van der Waals surface area contributed by atoms with Gasteiger partial charge in [-0.05, 0) is 30.7 Å². The van der Waals surface area contributed by atoms with E-state index in [1.807, 2.05) is 12.8 Å². The van der Waals surface area contributed by atoms with Crippen LogP contribution in [0.4, 0.5) is 0 Å². The van der Waals surface area contributed by atoms with E-state index >= 15 is 0 Å². The number of carbonyl (C=O) groups is 1. The minimum absolute atomic E-state index is 0.623. The number of aliphatic carboxylic acids is 1. The lowest BCUT2D eigenvalue weighted by Crippen LogP contribution is -1.88. The molecule has 0 amide bonds. The van der Waals surface area contributed by atoms with E-state index in [1.165, 1.54) is 0 Å². The van der Waals surface area contributed by atoms with Crippen molar-refractivity contribution in [1.82, 2.24) is 0 Å². The maximum atomic E-state index is 10.2. The van der Waals surface area contributed by atoms with Crippen molar-refractivity contribution >= 4 is 17.6 Å². The summed E-state index contributed by atoms with van der Waals surface area (Å²) in [7, 11) is 0. The summed E-state index contributed by atoms with van der Waals surface area (Å²) in [5.74, 6) is 3.45. The summed E-state index contributed by atoms with van der Waals surface area (Å²) >= 11 is 5.72. The van der Waals surface area contributed by atoms with Crippen LogP contribution < -0.4 is 0 Å². The molecule has 0 aliphatic heterocycles. The SMILES string of the molecule is Cc1cc(Cl)ccc1C#CC(=O)O. The zero-order valence-electron chi connectivity index (χ0n) is 6.97. The van der Waals surface area contributed by atoms with Crippen molar-refractivity contribution in [1.29, 1.82) is 0 Å². The molecule has 0 spiro atoms. The summed E-state index contributed by atoms with van der Waals surface area (Å²) in [6.45, 7) is 1.83. The standard InChI is InChI=1S/C10H7ClO2/c1-7-6-9(11)4-2-8(7)3-5-10(12)13/h2,4,6H,1H3,(H,12,13). The monoisotopic (exact) mass is 194 g/mol. The lowest BCUT2D eigenvalue weighted by Gasteiger charge is -1.96. The molecule has 1 rings (SSSR count).